The second-order valence-electron chi connectivity index (χ2n) is 18.8. The van der Waals surface area contributed by atoms with Crippen molar-refractivity contribution < 1.29 is 0 Å². The van der Waals surface area contributed by atoms with Crippen molar-refractivity contribution in [3.63, 3.8) is 0 Å². The van der Waals surface area contributed by atoms with E-state index in [0.717, 1.165) is 50.0 Å². The van der Waals surface area contributed by atoms with E-state index in [4.69, 9.17) is 15.0 Å². The molecule has 13 aromatic rings. The summed E-state index contributed by atoms with van der Waals surface area (Å²) in [7, 11) is 0. The van der Waals surface area contributed by atoms with Gasteiger partial charge in [-0.3, -0.25) is 0 Å². The minimum Gasteiger partial charge on any atom is -0.309 e. The third kappa shape index (κ3) is 6.31. The molecule has 0 spiro atoms. The van der Waals surface area contributed by atoms with Crippen LogP contribution in [0.4, 0.5) is 0 Å². The summed E-state index contributed by atoms with van der Waals surface area (Å²) in [6.07, 6.45) is 0. The van der Waals surface area contributed by atoms with Crippen molar-refractivity contribution in [2.24, 2.45) is 0 Å². The number of nitrogens with zero attached hydrogens (tertiary/aromatic N) is 4. The summed E-state index contributed by atoms with van der Waals surface area (Å²) in [6, 6.07) is 79.0. The highest BCUT2D eigenvalue weighted by atomic mass is 32.1. The van der Waals surface area contributed by atoms with E-state index in [9.17, 15) is 0 Å². The molecule has 3 heterocycles. The number of hydrogen-bond donors (Lipinski definition) is 0. The molecule has 4 nitrogen and oxygen atoms in total. The van der Waals surface area contributed by atoms with Gasteiger partial charge in [-0.2, -0.15) is 0 Å². The van der Waals surface area contributed by atoms with Gasteiger partial charge in [0.2, 0.25) is 0 Å². The Morgan fingerprint density at radius 1 is 0.362 bits per heavy atom. The van der Waals surface area contributed by atoms with Gasteiger partial charge >= 0.3 is 0 Å². The molecule has 5 heteroatoms. The lowest BCUT2D eigenvalue weighted by atomic mass is 9.82. The van der Waals surface area contributed by atoms with Gasteiger partial charge in [-0.25, -0.2) is 15.0 Å². The lowest BCUT2D eigenvalue weighted by Crippen LogP contribution is -2.15. The third-order valence-electron chi connectivity index (χ3n) is 14.4. The summed E-state index contributed by atoms with van der Waals surface area (Å²) < 4.78 is 4.82. The van der Waals surface area contributed by atoms with Crippen molar-refractivity contribution in [1.82, 2.24) is 19.5 Å². The van der Waals surface area contributed by atoms with Crippen molar-refractivity contribution in [3.05, 3.63) is 230 Å². The number of hydrogen-bond acceptors (Lipinski definition) is 4. The Morgan fingerprint density at radius 3 is 1.77 bits per heavy atom. The Morgan fingerprint density at radius 2 is 0.986 bits per heavy atom. The van der Waals surface area contributed by atoms with Crippen molar-refractivity contribution in [1.29, 1.82) is 0 Å². The van der Waals surface area contributed by atoms with E-state index in [-0.39, 0.29) is 5.41 Å². The highest BCUT2D eigenvalue weighted by Gasteiger charge is 2.35. The van der Waals surface area contributed by atoms with Crippen LogP contribution in [-0.4, -0.2) is 19.5 Å². The van der Waals surface area contributed by atoms with Crippen LogP contribution in [0, 0.1) is 0 Å². The summed E-state index contributed by atoms with van der Waals surface area (Å²) >= 11 is 1.82. The molecule has 0 aliphatic heterocycles. The van der Waals surface area contributed by atoms with E-state index in [1.54, 1.807) is 0 Å². The molecule has 0 N–H and O–H groups in total. The molecule has 0 amide bonds. The molecule has 0 bridgehead atoms. The summed E-state index contributed by atoms with van der Waals surface area (Å²) in [5.74, 6) is 1.92. The van der Waals surface area contributed by atoms with E-state index in [0.29, 0.717) is 17.5 Å². The fourth-order valence-corrected chi connectivity index (χ4v) is 12.2. The smallest absolute Gasteiger partial charge is 0.164 e. The van der Waals surface area contributed by atoms with Gasteiger partial charge in [0.25, 0.3) is 0 Å². The average Bonchev–Trinajstić information content (AvgIpc) is 4.02. The predicted octanol–water partition coefficient (Wildman–Crippen LogP) is 17.1. The molecule has 14 rings (SSSR count). The quantitative estimate of drug-likeness (QED) is 0.167. The van der Waals surface area contributed by atoms with Gasteiger partial charge < -0.3 is 4.57 Å². The highest BCUT2D eigenvalue weighted by molar-refractivity contribution is 7.26. The number of aromatic nitrogens is 4. The van der Waals surface area contributed by atoms with Gasteiger partial charge in [0.1, 0.15) is 0 Å². The zero-order valence-electron chi connectivity index (χ0n) is 38.0. The Kier molecular flexibility index (Phi) is 8.77. The van der Waals surface area contributed by atoms with Crippen LogP contribution in [0.5, 0.6) is 0 Å². The molecule has 0 fully saturated rings. The van der Waals surface area contributed by atoms with E-state index in [1.165, 1.54) is 69.6 Å². The predicted molar refractivity (Wildman–Crippen MR) is 289 cm³/mol. The molecule has 0 radical (unpaired) electrons. The van der Waals surface area contributed by atoms with Gasteiger partial charge in [-0.1, -0.05) is 172 Å². The van der Waals surface area contributed by atoms with Crippen molar-refractivity contribution in [2.75, 3.05) is 0 Å². The van der Waals surface area contributed by atoms with E-state index in [1.807, 2.05) is 11.3 Å². The van der Waals surface area contributed by atoms with Gasteiger partial charge in [-0.15, -0.1) is 11.3 Å². The lowest BCUT2D eigenvalue weighted by molar-refractivity contribution is 0.660. The molecular formula is C64H42N4S. The third-order valence-corrected chi connectivity index (χ3v) is 15.5. The first-order valence-electron chi connectivity index (χ1n) is 23.6. The number of para-hydroxylation sites is 1. The largest absolute Gasteiger partial charge is 0.309 e. The lowest BCUT2D eigenvalue weighted by Gasteiger charge is -2.21. The summed E-state index contributed by atoms with van der Waals surface area (Å²) in [4.78, 5) is 16.3. The van der Waals surface area contributed by atoms with Crippen molar-refractivity contribution >= 4 is 64.1 Å². The maximum absolute atomic E-state index is 5.47. The molecule has 3 aromatic heterocycles. The van der Waals surface area contributed by atoms with Crippen LogP contribution < -0.4 is 0 Å². The number of thiophene rings is 1. The molecule has 0 saturated carbocycles. The van der Waals surface area contributed by atoms with Gasteiger partial charge in [0.15, 0.2) is 17.5 Å². The molecule has 0 atom stereocenters. The minimum absolute atomic E-state index is 0.178. The van der Waals surface area contributed by atoms with Crippen LogP contribution in [0.2, 0.25) is 0 Å². The van der Waals surface area contributed by atoms with E-state index < -0.39 is 0 Å². The fourth-order valence-electron chi connectivity index (χ4n) is 11.0. The number of rotatable bonds is 6. The van der Waals surface area contributed by atoms with Crippen LogP contribution in [0.1, 0.15) is 25.0 Å². The minimum atomic E-state index is -0.178. The summed E-state index contributed by atoms with van der Waals surface area (Å²) in [5, 5.41) is 7.31. The first-order chi connectivity index (χ1) is 33.9. The van der Waals surface area contributed by atoms with Crippen LogP contribution >= 0.6 is 11.3 Å². The number of benzene rings is 10. The standard InChI is InChI=1S/C64H42N4S/c1-64(2)54-25-13-11-22-48(54)49-30-28-43(36-55(49)64)61-65-62(46-33-44(39-16-5-3-6-17-39)32-45(34-46)40-18-7-4-8-19-40)67-63(66-61)52-24-15-27-58-60(52)51-31-29-47(38-59(51)69-58)68-56-26-14-12-23-50(56)53-35-41-20-9-10-21-42(41)37-57(53)68/h3-38H,1-2H3. The first-order valence-corrected chi connectivity index (χ1v) is 24.4. The van der Waals surface area contributed by atoms with E-state index >= 15 is 0 Å². The molecule has 0 unspecified atom stereocenters. The van der Waals surface area contributed by atoms with Gasteiger partial charge in [-0.05, 0) is 116 Å². The van der Waals surface area contributed by atoms with Crippen LogP contribution in [-0.2, 0) is 5.41 Å². The Hall–Kier alpha value is -8.51. The summed E-state index contributed by atoms with van der Waals surface area (Å²) in [6.45, 7) is 4.64. The fraction of sp³-hybridized carbons (Fsp3) is 0.0469. The second-order valence-corrected chi connectivity index (χ2v) is 19.9. The normalized spacial score (nSPS) is 12.9. The van der Waals surface area contributed by atoms with Gasteiger partial charge in [0, 0.05) is 58.7 Å². The molecule has 69 heavy (non-hydrogen) atoms. The van der Waals surface area contributed by atoms with Crippen LogP contribution in [0.15, 0.2) is 218 Å². The second kappa shape index (κ2) is 15.3. The molecule has 324 valence electrons. The van der Waals surface area contributed by atoms with Crippen LogP contribution in [0.3, 0.4) is 0 Å². The molecule has 10 aromatic carbocycles. The van der Waals surface area contributed by atoms with Crippen LogP contribution in [0.25, 0.3) is 126 Å². The van der Waals surface area contributed by atoms with Crippen molar-refractivity contribution in [3.8, 4) is 73.2 Å². The first kappa shape index (κ1) is 39.6. The zero-order chi connectivity index (χ0) is 45.8. The maximum Gasteiger partial charge on any atom is 0.164 e. The Balaban J connectivity index is 0.979. The van der Waals surface area contributed by atoms with E-state index in [2.05, 4.69) is 237 Å². The topological polar surface area (TPSA) is 43.6 Å². The molecule has 0 saturated heterocycles. The van der Waals surface area contributed by atoms with Gasteiger partial charge in [0.05, 0.1) is 11.0 Å². The molecule has 1 aliphatic carbocycles. The SMILES string of the molecule is CC1(C)c2ccccc2-c2ccc(-c3nc(-c4cc(-c5ccccc5)cc(-c5ccccc5)c4)nc(-c4cccc5sc6cc(-n7c8ccccc8c8cc9ccccc9cc87)ccc6c45)n3)cc21. The Labute approximate surface area is 403 Å². The average molecular weight is 899 g/mol. The van der Waals surface area contributed by atoms with Crippen molar-refractivity contribution in [2.45, 2.75) is 19.3 Å². The summed E-state index contributed by atoms with van der Waals surface area (Å²) in [5.41, 5.74) is 15.9. The maximum atomic E-state index is 5.47. The zero-order valence-corrected chi connectivity index (χ0v) is 38.8. The molecular weight excluding hydrogens is 857 g/mol. The number of fused-ring (bicyclic) bond motifs is 10. The Bertz CT molecular complexity index is 4160. The highest BCUT2D eigenvalue weighted by Crippen LogP contribution is 2.50. The monoisotopic (exact) mass is 898 g/mol. The molecule has 1 aliphatic rings.